The number of nitrogens with zero attached hydrogens (tertiary/aromatic N) is 1. The number of pyridine rings is 1. The summed E-state index contributed by atoms with van der Waals surface area (Å²) in [7, 11) is 0. The van der Waals surface area contributed by atoms with Crippen LogP contribution in [0.3, 0.4) is 0 Å². The average molecular weight is 361 g/mol. The number of carbonyl (C=O) groups is 3. The van der Waals surface area contributed by atoms with Crippen LogP contribution in [0, 0.1) is 0 Å². The molecule has 8 heteroatoms. The van der Waals surface area contributed by atoms with Crippen molar-refractivity contribution in [3.05, 3.63) is 64.9 Å². The van der Waals surface area contributed by atoms with Crippen LogP contribution in [0.15, 0.2) is 48.7 Å². The molecular formula is C17H17ClN4O3. The maximum Gasteiger partial charge on any atom is 0.251 e. The van der Waals surface area contributed by atoms with Crippen molar-refractivity contribution in [3.8, 4) is 0 Å². The fourth-order valence-electron chi connectivity index (χ4n) is 2.08. The number of halogens is 1. The Morgan fingerprint density at radius 3 is 2.44 bits per heavy atom. The van der Waals surface area contributed by atoms with Crippen molar-refractivity contribution >= 4 is 29.3 Å². The largest absolute Gasteiger partial charge is 0.368 e. The van der Waals surface area contributed by atoms with Gasteiger partial charge in [-0.1, -0.05) is 35.9 Å². The van der Waals surface area contributed by atoms with Gasteiger partial charge in [-0.05, 0) is 23.8 Å². The molecule has 3 amide bonds. The van der Waals surface area contributed by atoms with E-state index in [4.69, 9.17) is 17.3 Å². The second-order valence-electron chi connectivity index (χ2n) is 5.26. The van der Waals surface area contributed by atoms with Crippen molar-refractivity contribution in [1.82, 2.24) is 15.6 Å². The van der Waals surface area contributed by atoms with Gasteiger partial charge in [0, 0.05) is 18.2 Å². The van der Waals surface area contributed by atoms with Crippen molar-refractivity contribution in [3.63, 3.8) is 0 Å². The zero-order valence-electron chi connectivity index (χ0n) is 13.2. The smallest absolute Gasteiger partial charge is 0.251 e. The number of amides is 3. The summed E-state index contributed by atoms with van der Waals surface area (Å²) in [6, 6.07) is 10.8. The normalized spacial score (nSPS) is 11.4. The monoisotopic (exact) mass is 360 g/mol. The van der Waals surface area contributed by atoms with E-state index in [0.29, 0.717) is 16.3 Å². The van der Waals surface area contributed by atoms with E-state index in [1.54, 1.807) is 42.5 Å². The van der Waals surface area contributed by atoms with Crippen molar-refractivity contribution in [1.29, 1.82) is 0 Å². The van der Waals surface area contributed by atoms with E-state index in [0.717, 1.165) is 0 Å². The Morgan fingerprint density at radius 2 is 1.84 bits per heavy atom. The fourth-order valence-corrected chi connectivity index (χ4v) is 2.19. The molecular weight excluding hydrogens is 344 g/mol. The lowest BCUT2D eigenvalue weighted by atomic mass is 10.1. The molecule has 0 saturated carbocycles. The Hall–Kier alpha value is -2.93. The summed E-state index contributed by atoms with van der Waals surface area (Å²) in [6.45, 7) is -0.267. The lowest BCUT2D eigenvalue weighted by Gasteiger charge is -2.15. The summed E-state index contributed by atoms with van der Waals surface area (Å²) in [5, 5.41) is 5.30. The second-order valence-corrected chi connectivity index (χ2v) is 5.65. The highest BCUT2D eigenvalue weighted by Gasteiger charge is 2.19. The van der Waals surface area contributed by atoms with Gasteiger partial charge in [0.25, 0.3) is 5.91 Å². The number of hydrogen-bond acceptors (Lipinski definition) is 4. The average Bonchev–Trinajstić information content (AvgIpc) is 2.61. The van der Waals surface area contributed by atoms with E-state index in [9.17, 15) is 14.4 Å². The van der Waals surface area contributed by atoms with Gasteiger partial charge < -0.3 is 16.4 Å². The van der Waals surface area contributed by atoms with Crippen molar-refractivity contribution in [2.24, 2.45) is 5.73 Å². The number of carbonyl (C=O) groups excluding carboxylic acids is 3. The molecule has 0 radical (unpaired) electrons. The minimum absolute atomic E-state index is 0.178. The third-order valence-electron chi connectivity index (χ3n) is 3.35. The molecule has 4 N–H and O–H groups in total. The van der Waals surface area contributed by atoms with Crippen LogP contribution in [0.2, 0.25) is 5.15 Å². The Bertz CT molecular complexity index is 750. The first-order valence-corrected chi connectivity index (χ1v) is 7.86. The third kappa shape index (κ3) is 5.89. The molecule has 0 saturated heterocycles. The molecule has 0 bridgehead atoms. The molecule has 1 atom stereocenters. The van der Waals surface area contributed by atoms with E-state index in [2.05, 4.69) is 15.6 Å². The summed E-state index contributed by atoms with van der Waals surface area (Å²) >= 11 is 5.70. The van der Waals surface area contributed by atoms with Crippen LogP contribution in [0.4, 0.5) is 0 Å². The molecule has 0 aliphatic heterocycles. The van der Waals surface area contributed by atoms with E-state index >= 15 is 0 Å². The number of nitrogens with two attached hydrogens (primary N) is 1. The van der Waals surface area contributed by atoms with Crippen molar-refractivity contribution < 1.29 is 14.4 Å². The van der Waals surface area contributed by atoms with Crippen LogP contribution in [0.1, 0.15) is 15.9 Å². The van der Waals surface area contributed by atoms with Gasteiger partial charge in [0.2, 0.25) is 11.8 Å². The van der Waals surface area contributed by atoms with Crippen LogP contribution in [0.5, 0.6) is 0 Å². The number of primary amides is 1. The number of nitrogens with one attached hydrogen (secondary N) is 2. The zero-order chi connectivity index (χ0) is 18.2. The molecule has 0 spiro atoms. The molecule has 0 aliphatic carbocycles. The lowest BCUT2D eigenvalue weighted by Crippen LogP contribution is -2.49. The number of aromatic nitrogens is 1. The second kappa shape index (κ2) is 8.79. The number of benzene rings is 1. The summed E-state index contributed by atoms with van der Waals surface area (Å²) in [4.78, 5) is 39.3. The Kier molecular flexibility index (Phi) is 6.47. The highest BCUT2D eigenvalue weighted by molar-refractivity contribution is 6.29. The molecule has 1 aromatic carbocycles. The van der Waals surface area contributed by atoms with Crippen molar-refractivity contribution in [2.45, 2.75) is 12.5 Å². The van der Waals surface area contributed by atoms with Crippen LogP contribution in [0.25, 0.3) is 0 Å². The Morgan fingerprint density at radius 1 is 1.12 bits per heavy atom. The predicted molar refractivity (Wildman–Crippen MR) is 92.9 cm³/mol. The molecule has 1 aromatic heterocycles. The Balaban J connectivity index is 1.88. The zero-order valence-corrected chi connectivity index (χ0v) is 14.0. The van der Waals surface area contributed by atoms with Crippen molar-refractivity contribution in [2.75, 3.05) is 6.54 Å². The van der Waals surface area contributed by atoms with E-state index in [1.807, 2.05) is 0 Å². The first kappa shape index (κ1) is 18.4. The standard InChI is InChI=1S/C17H17ClN4O3/c18-14-7-6-11(9-20-14)8-13(16(19)24)22-15(23)10-21-17(25)12-4-2-1-3-5-12/h1-7,9,13H,8,10H2,(H2,19,24)(H,21,25)(H,22,23)/t13-/m1/s1. The van der Waals surface area contributed by atoms with Gasteiger partial charge in [0.05, 0.1) is 6.54 Å². The van der Waals surface area contributed by atoms with Gasteiger partial charge in [-0.25, -0.2) is 4.98 Å². The van der Waals surface area contributed by atoms with Gasteiger partial charge in [-0.3, -0.25) is 14.4 Å². The van der Waals surface area contributed by atoms with Crippen LogP contribution < -0.4 is 16.4 Å². The van der Waals surface area contributed by atoms with E-state index < -0.39 is 17.9 Å². The minimum atomic E-state index is -0.913. The number of hydrogen-bond donors (Lipinski definition) is 3. The highest BCUT2D eigenvalue weighted by atomic mass is 35.5. The maximum absolute atomic E-state index is 12.0. The molecule has 130 valence electrons. The molecule has 0 aliphatic rings. The first-order valence-electron chi connectivity index (χ1n) is 7.48. The molecule has 2 aromatic rings. The molecule has 0 unspecified atom stereocenters. The van der Waals surface area contributed by atoms with Gasteiger partial charge >= 0.3 is 0 Å². The third-order valence-corrected chi connectivity index (χ3v) is 3.58. The van der Waals surface area contributed by atoms with Gasteiger partial charge in [0.1, 0.15) is 11.2 Å². The van der Waals surface area contributed by atoms with Gasteiger partial charge in [0.15, 0.2) is 0 Å². The quantitative estimate of drug-likeness (QED) is 0.630. The molecule has 1 heterocycles. The number of rotatable bonds is 7. The topological polar surface area (TPSA) is 114 Å². The fraction of sp³-hybridized carbons (Fsp3) is 0.176. The summed E-state index contributed by atoms with van der Waals surface area (Å²) in [5.41, 5.74) is 6.46. The van der Waals surface area contributed by atoms with Gasteiger partial charge in [-0.15, -0.1) is 0 Å². The van der Waals surface area contributed by atoms with E-state index in [-0.39, 0.29) is 18.9 Å². The summed E-state index contributed by atoms with van der Waals surface area (Å²) in [6.07, 6.45) is 1.68. The Labute approximate surface area is 149 Å². The van der Waals surface area contributed by atoms with Crippen LogP contribution in [-0.4, -0.2) is 35.3 Å². The maximum atomic E-state index is 12.0. The molecule has 7 nitrogen and oxygen atoms in total. The molecule has 25 heavy (non-hydrogen) atoms. The summed E-state index contributed by atoms with van der Waals surface area (Å²) < 4.78 is 0. The molecule has 2 rings (SSSR count). The minimum Gasteiger partial charge on any atom is -0.368 e. The predicted octanol–water partition coefficient (Wildman–Crippen LogP) is 0.678. The summed E-state index contributed by atoms with van der Waals surface area (Å²) in [5.74, 6) is -1.58. The van der Waals surface area contributed by atoms with E-state index in [1.165, 1.54) is 6.20 Å². The molecule has 0 fully saturated rings. The van der Waals surface area contributed by atoms with Crippen LogP contribution >= 0.6 is 11.6 Å². The van der Waals surface area contributed by atoms with Gasteiger partial charge in [-0.2, -0.15) is 0 Å². The highest BCUT2D eigenvalue weighted by Crippen LogP contribution is 2.07. The SMILES string of the molecule is NC(=O)[C@@H](Cc1ccc(Cl)nc1)NC(=O)CNC(=O)c1ccccc1. The first-order chi connectivity index (χ1) is 12.0. The lowest BCUT2D eigenvalue weighted by molar-refractivity contribution is -0.126. The van der Waals surface area contributed by atoms with Crippen LogP contribution in [-0.2, 0) is 16.0 Å².